The highest BCUT2D eigenvalue weighted by Gasteiger charge is 2.27. The summed E-state index contributed by atoms with van der Waals surface area (Å²) in [6.07, 6.45) is 8.45. The van der Waals surface area contributed by atoms with Crippen LogP contribution in [0.5, 0.6) is 0 Å². The van der Waals surface area contributed by atoms with Crippen molar-refractivity contribution in [1.29, 1.82) is 0 Å². The quantitative estimate of drug-likeness (QED) is 0.714. The summed E-state index contributed by atoms with van der Waals surface area (Å²) in [6.45, 7) is 6.11. The van der Waals surface area contributed by atoms with Gasteiger partial charge in [-0.1, -0.05) is 19.9 Å². The molecule has 0 radical (unpaired) electrons. The lowest BCUT2D eigenvalue weighted by atomic mass is 9.84. The second-order valence-electron chi connectivity index (χ2n) is 8.51. The number of aromatic nitrogens is 4. The summed E-state index contributed by atoms with van der Waals surface area (Å²) in [4.78, 5) is 16.5. The van der Waals surface area contributed by atoms with E-state index in [9.17, 15) is 4.79 Å². The molecule has 30 heavy (non-hydrogen) atoms. The van der Waals surface area contributed by atoms with E-state index in [4.69, 9.17) is 0 Å². The van der Waals surface area contributed by atoms with Crippen LogP contribution in [0, 0.1) is 6.92 Å². The first-order chi connectivity index (χ1) is 14.6. The van der Waals surface area contributed by atoms with Crippen molar-refractivity contribution in [3.05, 3.63) is 58.9 Å². The van der Waals surface area contributed by atoms with E-state index >= 15 is 0 Å². The van der Waals surface area contributed by atoms with Gasteiger partial charge in [-0.3, -0.25) is 14.3 Å². The van der Waals surface area contributed by atoms with Gasteiger partial charge < -0.3 is 5.32 Å². The second kappa shape index (κ2) is 7.35. The maximum atomic E-state index is 12.0. The van der Waals surface area contributed by atoms with Crippen molar-refractivity contribution in [2.75, 3.05) is 0 Å². The van der Waals surface area contributed by atoms with Gasteiger partial charge in [0.15, 0.2) is 0 Å². The van der Waals surface area contributed by atoms with E-state index in [1.165, 1.54) is 33.5 Å². The smallest absolute Gasteiger partial charge is 0.220 e. The van der Waals surface area contributed by atoms with Crippen molar-refractivity contribution in [2.45, 2.75) is 64.8 Å². The fourth-order valence-corrected chi connectivity index (χ4v) is 4.97. The Labute approximate surface area is 176 Å². The minimum atomic E-state index is 0.0635. The molecule has 1 unspecified atom stereocenters. The molecule has 5 rings (SSSR count). The van der Waals surface area contributed by atoms with Gasteiger partial charge in [0.25, 0.3) is 0 Å². The number of fused-ring (bicyclic) bond motifs is 4. The molecule has 3 heterocycles. The molecule has 1 aliphatic carbocycles. The molecule has 154 valence electrons. The zero-order valence-corrected chi connectivity index (χ0v) is 17.8. The monoisotopic (exact) mass is 401 g/mol. The van der Waals surface area contributed by atoms with Crippen LogP contribution < -0.4 is 5.32 Å². The first-order valence-corrected chi connectivity index (χ1v) is 10.9. The molecule has 2 atom stereocenters. The molecule has 1 aliphatic heterocycles. The standard InChI is InChI=1S/C24H27N5O/c1-4-23(30)26-21-7-5-6-18-19(12-25-13-20(18)21)16-8-9-22-17(11-16)10-14(2)24-28-27-15(3)29(22)24/h8-9,11-14,21H,4-7,10H2,1-3H3,(H,26,30)/t14?,21-/m1/s1. The van der Waals surface area contributed by atoms with E-state index in [2.05, 4.69) is 50.2 Å². The number of nitrogens with one attached hydrogen (secondary N) is 1. The maximum Gasteiger partial charge on any atom is 0.220 e. The summed E-state index contributed by atoms with van der Waals surface area (Å²) >= 11 is 0. The average Bonchev–Trinajstić information content (AvgIpc) is 3.15. The van der Waals surface area contributed by atoms with Crippen LogP contribution in [0.15, 0.2) is 30.6 Å². The average molecular weight is 402 g/mol. The highest BCUT2D eigenvalue weighted by Crippen LogP contribution is 2.38. The minimum absolute atomic E-state index is 0.0635. The van der Waals surface area contributed by atoms with Gasteiger partial charge in [-0.05, 0) is 67.0 Å². The Bertz CT molecular complexity index is 1130. The van der Waals surface area contributed by atoms with Crippen molar-refractivity contribution in [3.63, 3.8) is 0 Å². The van der Waals surface area contributed by atoms with E-state index in [0.717, 1.165) is 37.3 Å². The van der Waals surface area contributed by atoms with Crippen LogP contribution in [0.3, 0.4) is 0 Å². The Morgan fingerprint density at radius 2 is 2.13 bits per heavy atom. The van der Waals surface area contributed by atoms with Gasteiger partial charge >= 0.3 is 0 Å². The number of aryl methyl sites for hydroxylation is 1. The van der Waals surface area contributed by atoms with Gasteiger partial charge in [-0.25, -0.2) is 0 Å². The van der Waals surface area contributed by atoms with Crippen molar-refractivity contribution in [2.24, 2.45) is 0 Å². The van der Waals surface area contributed by atoms with Crippen LogP contribution in [0.25, 0.3) is 16.8 Å². The Hall–Kier alpha value is -3.02. The topological polar surface area (TPSA) is 72.7 Å². The molecule has 2 aromatic heterocycles. The molecule has 0 fully saturated rings. The lowest BCUT2D eigenvalue weighted by Gasteiger charge is -2.28. The van der Waals surface area contributed by atoms with Gasteiger partial charge in [0.2, 0.25) is 5.91 Å². The van der Waals surface area contributed by atoms with Crippen molar-refractivity contribution in [1.82, 2.24) is 25.1 Å². The molecule has 2 aliphatic rings. The number of carbonyl (C=O) groups is 1. The molecule has 1 N–H and O–H groups in total. The molecule has 3 aromatic rings. The third kappa shape index (κ3) is 3.02. The summed E-state index contributed by atoms with van der Waals surface area (Å²) in [5.41, 5.74) is 7.37. The highest BCUT2D eigenvalue weighted by atomic mass is 16.1. The number of pyridine rings is 1. The molecule has 1 aromatic carbocycles. The first kappa shape index (κ1) is 19.0. The Kier molecular flexibility index (Phi) is 4.65. The minimum Gasteiger partial charge on any atom is -0.349 e. The molecule has 0 saturated carbocycles. The number of hydrogen-bond donors (Lipinski definition) is 1. The molecule has 0 saturated heterocycles. The van der Waals surface area contributed by atoms with E-state index in [1.54, 1.807) is 0 Å². The third-order valence-corrected chi connectivity index (χ3v) is 6.49. The van der Waals surface area contributed by atoms with Crippen LogP contribution in [0.2, 0.25) is 0 Å². The van der Waals surface area contributed by atoms with Crippen LogP contribution in [0.1, 0.15) is 73.4 Å². The Balaban J connectivity index is 1.57. The Morgan fingerprint density at radius 3 is 2.97 bits per heavy atom. The van der Waals surface area contributed by atoms with E-state index in [-0.39, 0.29) is 11.9 Å². The zero-order valence-electron chi connectivity index (χ0n) is 17.8. The maximum absolute atomic E-state index is 12.0. The first-order valence-electron chi connectivity index (χ1n) is 10.9. The third-order valence-electron chi connectivity index (χ3n) is 6.49. The molecule has 6 heteroatoms. The summed E-state index contributed by atoms with van der Waals surface area (Å²) in [6, 6.07) is 6.74. The van der Waals surface area contributed by atoms with Gasteiger partial charge in [-0.15, -0.1) is 10.2 Å². The van der Waals surface area contributed by atoms with Crippen molar-refractivity contribution < 1.29 is 4.79 Å². The van der Waals surface area contributed by atoms with Crippen LogP contribution >= 0.6 is 0 Å². The van der Waals surface area contributed by atoms with Crippen LogP contribution in [-0.2, 0) is 17.6 Å². The number of amides is 1. The van der Waals surface area contributed by atoms with Gasteiger partial charge in [0.1, 0.15) is 11.6 Å². The summed E-state index contributed by atoms with van der Waals surface area (Å²) in [5.74, 6) is 2.41. The summed E-state index contributed by atoms with van der Waals surface area (Å²) in [5, 5.41) is 11.9. The SMILES string of the molecule is CCC(=O)N[C@@H]1CCCc2c(-c3ccc4c(c3)CC(C)c3nnc(C)n3-4)cncc21. The summed E-state index contributed by atoms with van der Waals surface area (Å²) in [7, 11) is 0. The molecule has 1 amide bonds. The van der Waals surface area contributed by atoms with Gasteiger partial charge in [-0.2, -0.15) is 0 Å². The predicted molar refractivity (Wildman–Crippen MR) is 116 cm³/mol. The second-order valence-corrected chi connectivity index (χ2v) is 8.51. The van der Waals surface area contributed by atoms with Gasteiger partial charge in [0, 0.05) is 30.3 Å². The number of rotatable bonds is 3. The van der Waals surface area contributed by atoms with Crippen molar-refractivity contribution in [3.8, 4) is 16.8 Å². The van der Waals surface area contributed by atoms with E-state index in [1.807, 2.05) is 26.2 Å². The number of carbonyl (C=O) groups excluding carboxylic acids is 1. The van der Waals surface area contributed by atoms with Crippen molar-refractivity contribution >= 4 is 5.91 Å². The largest absolute Gasteiger partial charge is 0.349 e. The van der Waals surface area contributed by atoms with Crippen LogP contribution in [0.4, 0.5) is 0 Å². The number of hydrogen-bond acceptors (Lipinski definition) is 4. The summed E-state index contributed by atoms with van der Waals surface area (Å²) < 4.78 is 2.18. The normalized spacial score (nSPS) is 19.6. The molecule has 0 bridgehead atoms. The fraction of sp³-hybridized carbons (Fsp3) is 0.417. The van der Waals surface area contributed by atoms with Crippen LogP contribution in [-0.4, -0.2) is 25.7 Å². The number of benzene rings is 1. The lowest BCUT2D eigenvalue weighted by molar-refractivity contribution is -0.121. The van der Waals surface area contributed by atoms with E-state index < -0.39 is 0 Å². The molecular formula is C24H27N5O. The molecule has 6 nitrogen and oxygen atoms in total. The predicted octanol–water partition coefficient (Wildman–Crippen LogP) is 4.20. The van der Waals surface area contributed by atoms with E-state index in [0.29, 0.717) is 12.3 Å². The molecular weight excluding hydrogens is 374 g/mol. The molecule has 0 spiro atoms. The fourth-order valence-electron chi connectivity index (χ4n) is 4.97. The Morgan fingerprint density at radius 1 is 1.27 bits per heavy atom. The lowest BCUT2D eigenvalue weighted by Crippen LogP contribution is -2.30. The zero-order chi connectivity index (χ0) is 20.8. The highest BCUT2D eigenvalue weighted by molar-refractivity contribution is 5.77. The van der Waals surface area contributed by atoms with Gasteiger partial charge in [0.05, 0.1) is 11.7 Å². The number of nitrogens with zero attached hydrogens (tertiary/aromatic N) is 4.